The number of hydrogen-bond donors (Lipinski definition) is 13. The number of aliphatic hydroxyl groups excluding tert-OH is 9. The second kappa shape index (κ2) is 16.4. The molecule has 14 N–H and O–H groups in total. The van der Waals surface area contributed by atoms with E-state index >= 15 is 0 Å². The summed E-state index contributed by atoms with van der Waals surface area (Å²) in [6.45, 7) is -0.328. The van der Waals surface area contributed by atoms with Gasteiger partial charge in [0.2, 0.25) is 11.8 Å². The van der Waals surface area contributed by atoms with Crippen LogP contribution in [0, 0.1) is 0 Å². The second-order valence-electron chi connectivity index (χ2n) is 11.4. The molecule has 3 aliphatic heterocycles. The van der Waals surface area contributed by atoms with Crippen molar-refractivity contribution in [3.63, 3.8) is 0 Å². The molecule has 22 nitrogen and oxygen atoms in total. The van der Waals surface area contributed by atoms with Gasteiger partial charge in [-0.15, -0.1) is 0 Å². The van der Waals surface area contributed by atoms with Crippen molar-refractivity contribution in [3.05, 3.63) is 0 Å². The molecule has 0 bridgehead atoms. The largest absolute Gasteiger partial charge is 0.477 e. The first-order valence-electron chi connectivity index (χ1n) is 14.4. The zero-order chi connectivity index (χ0) is 35.4. The number of carboxylic acids is 1. The van der Waals surface area contributed by atoms with Gasteiger partial charge in [0.05, 0.1) is 32.0 Å². The maximum atomic E-state index is 12.5. The molecular formula is C25H43N3O19. The smallest absolute Gasteiger partial charge is 0.364 e. The molecule has 22 heteroatoms. The third-order valence-corrected chi connectivity index (χ3v) is 7.95. The quantitative estimate of drug-likeness (QED) is 0.0798. The van der Waals surface area contributed by atoms with Crippen LogP contribution in [-0.4, -0.2) is 186 Å². The second-order valence-corrected chi connectivity index (χ2v) is 11.4. The van der Waals surface area contributed by atoms with E-state index in [4.69, 9.17) is 29.6 Å². The SMILES string of the molecule is CC(=O)N[C@@H]1[C@@H](O)[C@H](O[C@@H]2O[C@H](CO[C@]3(C(=O)O)C[C@H](O)[C@@H](NC(C)=O)[C@H]([C@H](O)[C@H](O)CON)O3)[C@H](O)[C@H](O)[C@H]2O)[C@@H](CO)O[C@H]1O. The van der Waals surface area contributed by atoms with Gasteiger partial charge in [-0.2, -0.15) is 0 Å². The van der Waals surface area contributed by atoms with E-state index in [0.29, 0.717) is 0 Å². The molecule has 0 spiro atoms. The Balaban J connectivity index is 1.83. The number of aliphatic carboxylic acids is 1. The predicted molar refractivity (Wildman–Crippen MR) is 145 cm³/mol. The summed E-state index contributed by atoms with van der Waals surface area (Å²) in [6, 6.07) is -2.94. The molecule has 0 aliphatic carbocycles. The lowest BCUT2D eigenvalue weighted by atomic mass is 9.88. The van der Waals surface area contributed by atoms with Crippen molar-refractivity contribution in [3.8, 4) is 0 Å². The normalized spacial score (nSPS) is 42.3. The Kier molecular flexibility index (Phi) is 13.7. The van der Waals surface area contributed by atoms with Crippen molar-refractivity contribution in [1.29, 1.82) is 0 Å². The van der Waals surface area contributed by atoms with E-state index in [1.54, 1.807) is 0 Å². The third kappa shape index (κ3) is 8.87. The molecule has 3 saturated heterocycles. The van der Waals surface area contributed by atoms with Gasteiger partial charge in [-0.3, -0.25) is 9.59 Å². The van der Waals surface area contributed by atoms with Crippen LogP contribution < -0.4 is 16.5 Å². The summed E-state index contributed by atoms with van der Waals surface area (Å²) >= 11 is 0. The first kappa shape index (κ1) is 39.2. The lowest BCUT2D eigenvalue weighted by Gasteiger charge is -2.48. The molecule has 0 aromatic rings. The van der Waals surface area contributed by atoms with Crippen molar-refractivity contribution >= 4 is 17.8 Å². The standard InChI is InChI=1S/C25H43N3O19/c1-7(30)27-13-9(32)3-25(24(40)41,47-21(13)15(34)10(33)5-43-26)42-6-12-16(35)18(37)19(38)23(45-12)46-20-11(4-29)44-22(39)14(17(20)36)28-8(2)31/h9-23,29,32-39H,3-6,26H2,1-2H3,(H,27,30)(H,28,31)(H,40,41)/t9-,10+,11+,12+,13+,14+,15+,16-,17+,18-,19+,20+,21+,22+,23-,25+/m0/s1. The number of hydrogen-bond acceptors (Lipinski definition) is 19. The van der Waals surface area contributed by atoms with E-state index in [0.717, 1.165) is 13.8 Å². The summed E-state index contributed by atoms with van der Waals surface area (Å²) in [6.07, 6.45) is -24.7. The molecular weight excluding hydrogens is 646 g/mol. The fourth-order valence-electron chi connectivity index (χ4n) is 5.55. The monoisotopic (exact) mass is 689 g/mol. The van der Waals surface area contributed by atoms with Crippen LogP contribution in [0.5, 0.6) is 0 Å². The summed E-state index contributed by atoms with van der Waals surface area (Å²) in [5, 5.41) is 109. The Hall–Kier alpha value is -2.23. The predicted octanol–water partition coefficient (Wildman–Crippen LogP) is -8.18. The Labute approximate surface area is 266 Å². The van der Waals surface area contributed by atoms with E-state index in [1.807, 2.05) is 0 Å². The Morgan fingerprint density at radius 2 is 1.53 bits per heavy atom. The van der Waals surface area contributed by atoms with Gasteiger partial charge in [0.25, 0.3) is 5.79 Å². The molecule has 272 valence electrons. The van der Waals surface area contributed by atoms with Gasteiger partial charge in [-0.1, -0.05) is 0 Å². The number of aliphatic hydroxyl groups is 9. The van der Waals surface area contributed by atoms with Crippen LogP contribution in [0.2, 0.25) is 0 Å². The molecule has 2 amide bonds. The summed E-state index contributed by atoms with van der Waals surface area (Å²) in [5.74, 6) is -1.15. The van der Waals surface area contributed by atoms with Crippen LogP contribution >= 0.6 is 0 Å². The molecule has 3 rings (SSSR count). The van der Waals surface area contributed by atoms with Gasteiger partial charge < -0.3 is 90.2 Å². The van der Waals surface area contributed by atoms with Crippen LogP contribution in [0.4, 0.5) is 0 Å². The topological polar surface area (TPSA) is 359 Å². The van der Waals surface area contributed by atoms with Gasteiger partial charge in [0.15, 0.2) is 12.6 Å². The summed E-state index contributed by atoms with van der Waals surface area (Å²) in [4.78, 5) is 40.1. The molecule has 47 heavy (non-hydrogen) atoms. The number of carboxylic acid groups (broad SMARTS) is 1. The first-order chi connectivity index (χ1) is 22.0. The van der Waals surface area contributed by atoms with E-state index in [-0.39, 0.29) is 0 Å². The van der Waals surface area contributed by atoms with Crippen LogP contribution in [0.1, 0.15) is 20.3 Å². The van der Waals surface area contributed by atoms with Crippen LogP contribution in [-0.2, 0) is 42.9 Å². The lowest BCUT2D eigenvalue weighted by molar-refractivity contribution is -0.358. The molecule has 3 aliphatic rings. The van der Waals surface area contributed by atoms with Crippen molar-refractivity contribution in [2.75, 3.05) is 19.8 Å². The van der Waals surface area contributed by atoms with Gasteiger partial charge >= 0.3 is 5.97 Å². The zero-order valence-electron chi connectivity index (χ0n) is 25.2. The lowest BCUT2D eigenvalue weighted by Crippen LogP contribution is -2.69. The van der Waals surface area contributed by atoms with Crippen molar-refractivity contribution in [2.24, 2.45) is 5.90 Å². The van der Waals surface area contributed by atoms with Gasteiger partial charge in [-0.05, 0) is 0 Å². The number of carbonyl (C=O) groups excluding carboxylic acids is 2. The maximum Gasteiger partial charge on any atom is 0.364 e. The molecule has 0 aromatic heterocycles. The molecule has 0 unspecified atom stereocenters. The van der Waals surface area contributed by atoms with Crippen LogP contribution in [0.3, 0.4) is 0 Å². The van der Waals surface area contributed by atoms with Crippen molar-refractivity contribution in [2.45, 2.75) is 118 Å². The average molecular weight is 690 g/mol. The molecule has 3 heterocycles. The summed E-state index contributed by atoms with van der Waals surface area (Å²) in [5.41, 5.74) is 0. The molecule has 0 aromatic carbocycles. The van der Waals surface area contributed by atoms with E-state index in [9.17, 15) is 65.4 Å². The molecule has 16 atom stereocenters. The van der Waals surface area contributed by atoms with Crippen molar-refractivity contribution < 1.29 is 94.0 Å². The number of carbonyl (C=O) groups is 3. The average Bonchev–Trinajstić information content (AvgIpc) is 3.00. The first-order valence-corrected chi connectivity index (χ1v) is 14.4. The number of ether oxygens (including phenoxy) is 5. The molecule has 3 fully saturated rings. The third-order valence-electron chi connectivity index (χ3n) is 7.95. The van der Waals surface area contributed by atoms with E-state index < -0.39 is 142 Å². The van der Waals surface area contributed by atoms with E-state index in [2.05, 4.69) is 15.5 Å². The minimum atomic E-state index is -2.83. The summed E-state index contributed by atoms with van der Waals surface area (Å²) < 4.78 is 27.4. The highest BCUT2D eigenvalue weighted by molar-refractivity contribution is 5.76. The highest BCUT2D eigenvalue weighted by atomic mass is 16.8. The Morgan fingerprint density at radius 1 is 0.915 bits per heavy atom. The highest BCUT2D eigenvalue weighted by Gasteiger charge is 2.57. The number of rotatable bonds is 13. The minimum absolute atomic E-state index is 0.670. The molecule has 0 radical (unpaired) electrons. The Bertz CT molecular complexity index is 1070. The highest BCUT2D eigenvalue weighted by Crippen LogP contribution is 2.35. The van der Waals surface area contributed by atoms with Crippen LogP contribution in [0.15, 0.2) is 0 Å². The fraction of sp³-hybridized carbons (Fsp3) is 0.880. The number of nitrogens with one attached hydrogen (secondary N) is 2. The van der Waals surface area contributed by atoms with Gasteiger partial charge in [0.1, 0.15) is 67.1 Å². The number of amides is 2. The van der Waals surface area contributed by atoms with Gasteiger partial charge in [0, 0.05) is 20.3 Å². The van der Waals surface area contributed by atoms with Gasteiger partial charge in [-0.25, -0.2) is 10.7 Å². The minimum Gasteiger partial charge on any atom is -0.477 e. The number of nitrogens with two attached hydrogens (primary N) is 1. The van der Waals surface area contributed by atoms with Crippen molar-refractivity contribution in [1.82, 2.24) is 10.6 Å². The molecule has 0 saturated carbocycles. The zero-order valence-corrected chi connectivity index (χ0v) is 25.2. The fourth-order valence-corrected chi connectivity index (χ4v) is 5.55. The van der Waals surface area contributed by atoms with Crippen LogP contribution in [0.25, 0.3) is 0 Å². The Morgan fingerprint density at radius 3 is 2.09 bits per heavy atom. The summed E-state index contributed by atoms with van der Waals surface area (Å²) in [7, 11) is 0. The maximum absolute atomic E-state index is 12.5. The van der Waals surface area contributed by atoms with E-state index in [1.165, 1.54) is 0 Å².